The van der Waals surface area contributed by atoms with E-state index in [2.05, 4.69) is 0 Å². The van der Waals surface area contributed by atoms with Crippen LogP contribution < -0.4 is 14.2 Å². The van der Waals surface area contributed by atoms with Crippen molar-refractivity contribution in [1.82, 2.24) is 4.90 Å². The number of thioether (sulfide) groups is 1. The number of carbonyl (C=O) groups excluding carboxylic acids is 1. The van der Waals surface area contributed by atoms with Crippen molar-refractivity contribution >= 4 is 40.3 Å². The van der Waals surface area contributed by atoms with Gasteiger partial charge in [0.15, 0.2) is 11.5 Å². The molecule has 0 aromatic heterocycles. The van der Waals surface area contributed by atoms with E-state index in [1.165, 1.54) is 11.8 Å². The maximum Gasteiger partial charge on any atom is 0.267 e. The van der Waals surface area contributed by atoms with E-state index in [1.807, 2.05) is 73.7 Å². The summed E-state index contributed by atoms with van der Waals surface area (Å²) in [5.74, 6) is 2.79. The van der Waals surface area contributed by atoms with E-state index in [4.69, 9.17) is 26.4 Å². The summed E-state index contributed by atoms with van der Waals surface area (Å²) in [5, 5.41) is 0. The Morgan fingerprint density at radius 3 is 2.72 bits per heavy atom. The highest BCUT2D eigenvalue weighted by Gasteiger charge is 2.42. The van der Waals surface area contributed by atoms with Crippen molar-refractivity contribution < 1.29 is 19.0 Å². The normalized spacial score (nSPS) is 19.7. The van der Waals surface area contributed by atoms with Gasteiger partial charge in [0.1, 0.15) is 15.8 Å². The zero-order valence-electron chi connectivity index (χ0n) is 17.0. The Balaban J connectivity index is 1.42. The standard InChI is InChI=1S/C25H17NO4S2/c1-14-5-4-7-17-22(16-6-2-3-8-18(16)30-23(14)17)26-24(27)21(32-25(26)31)12-15-9-10-19-20(11-15)29-13-28-19/h2-12,22H,13H2,1H3/b21-12-/t22-/m1/s1. The number of thiocarbonyl (C=S) groups is 1. The molecule has 0 aliphatic carbocycles. The van der Waals surface area contributed by atoms with Crippen LogP contribution in [0.2, 0.25) is 0 Å². The fourth-order valence-electron chi connectivity index (χ4n) is 4.24. The number of hydrogen-bond donors (Lipinski definition) is 0. The van der Waals surface area contributed by atoms with Crippen molar-refractivity contribution in [2.45, 2.75) is 13.0 Å². The topological polar surface area (TPSA) is 48.0 Å². The lowest BCUT2D eigenvalue weighted by molar-refractivity contribution is -0.123. The van der Waals surface area contributed by atoms with Crippen molar-refractivity contribution in [3.8, 4) is 23.0 Å². The Kier molecular flexibility index (Phi) is 4.48. The Morgan fingerprint density at radius 1 is 1.00 bits per heavy atom. The molecule has 1 fully saturated rings. The molecule has 1 saturated heterocycles. The Hall–Kier alpha value is -3.29. The quantitative estimate of drug-likeness (QED) is 0.356. The predicted octanol–water partition coefficient (Wildman–Crippen LogP) is 5.82. The molecule has 32 heavy (non-hydrogen) atoms. The Labute approximate surface area is 194 Å². The van der Waals surface area contributed by atoms with Gasteiger partial charge >= 0.3 is 0 Å². The zero-order chi connectivity index (χ0) is 21.8. The number of rotatable bonds is 2. The van der Waals surface area contributed by atoms with Crippen LogP contribution >= 0.6 is 24.0 Å². The fourth-order valence-corrected chi connectivity index (χ4v) is 5.55. The van der Waals surface area contributed by atoms with E-state index < -0.39 is 0 Å². The van der Waals surface area contributed by atoms with E-state index in [1.54, 1.807) is 4.90 Å². The first-order valence-electron chi connectivity index (χ1n) is 10.1. The highest BCUT2D eigenvalue weighted by atomic mass is 32.2. The summed E-state index contributed by atoms with van der Waals surface area (Å²) in [7, 11) is 0. The molecule has 0 unspecified atom stereocenters. The lowest BCUT2D eigenvalue weighted by Crippen LogP contribution is -2.35. The third-order valence-corrected chi connectivity index (χ3v) is 7.07. The number of aryl methyl sites for hydroxylation is 1. The van der Waals surface area contributed by atoms with Gasteiger partial charge in [0.25, 0.3) is 5.91 Å². The molecule has 1 atom stereocenters. The number of hydrogen-bond acceptors (Lipinski definition) is 6. The molecule has 3 aliphatic heterocycles. The van der Waals surface area contributed by atoms with Gasteiger partial charge in [-0.15, -0.1) is 0 Å². The van der Waals surface area contributed by atoms with Crippen LogP contribution in [0.25, 0.3) is 6.08 Å². The summed E-state index contributed by atoms with van der Waals surface area (Å²) in [6.45, 7) is 2.22. The van der Waals surface area contributed by atoms with Gasteiger partial charge in [-0.1, -0.05) is 66.4 Å². The van der Waals surface area contributed by atoms with Crippen molar-refractivity contribution in [3.63, 3.8) is 0 Å². The van der Waals surface area contributed by atoms with E-state index >= 15 is 0 Å². The van der Waals surface area contributed by atoms with Crippen LogP contribution in [0.5, 0.6) is 23.0 Å². The fraction of sp³-hybridized carbons (Fsp3) is 0.120. The van der Waals surface area contributed by atoms with Gasteiger partial charge in [-0.2, -0.15) is 0 Å². The predicted molar refractivity (Wildman–Crippen MR) is 127 cm³/mol. The first-order chi connectivity index (χ1) is 15.6. The Bertz CT molecular complexity index is 1330. The van der Waals surface area contributed by atoms with Crippen LogP contribution in [-0.4, -0.2) is 21.9 Å². The number of amides is 1. The average Bonchev–Trinajstić information content (AvgIpc) is 3.37. The lowest BCUT2D eigenvalue weighted by atomic mass is 9.92. The largest absolute Gasteiger partial charge is 0.456 e. The van der Waals surface area contributed by atoms with Crippen LogP contribution in [0.1, 0.15) is 28.3 Å². The summed E-state index contributed by atoms with van der Waals surface area (Å²) in [6.07, 6.45) is 1.85. The van der Waals surface area contributed by atoms with Crippen molar-refractivity contribution in [3.05, 3.63) is 87.8 Å². The molecule has 0 N–H and O–H groups in total. The van der Waals surface area contributed by atoms with Crippen molar-refractivity contribution in [2.24, 2.45) is 0 Å². The van der Waals surface area contributed by atoms with Gasteiger partial charge in [-0.05, 0) is 42.3 Å². The van der Waals surface area contributed by atoms with E-state index in [0.717, 1.165) is 33.8 Å². The third kappa shape index (κ3) is 3.00. The van der Waals surface area contributed by atoms with Gasteiger partial charge < -0.3 is 14.2 Å². The van der Waals surface area contributed by atoms with Gasteiger partial charge in [0, 0.05) is 11.1 Å². The minimum absolute atomic E-state index is 0.119. The van der Waals surface area contributed by atoms with E-state index in [-0.39, 0.29) is 18.7 Å². The average molecular weight is 460 g/mol. The molecular formula is C25H17NO4S2. The second-order valence-electron chi connectivity index (χ2n) is 7.70. The van der Waals surface area contributed by atoms with E-state index in [9.17, 15) is 4.79 Å². The SMILES string of the molecule is Cc1cccc2c1Oc1ccccc1[C@H]2N1C(=O)/C(=C/c2ccc3c(c2)OCO3)SC1=S. The summed E-state index contributed by atoms with van der Waals surface area (Å²) in [6, 6.07) is 19.1. The molecule has 3 aliphatic rings. The molecule has 5 nitrogen and oxygen atoms in total. The van der Waals surface area contributed by atoms with Crippen LogP contribution in [0.15, 0.2) is 65.6 Å². The number of fused-ring (bicyclic) bond motifs is 3. The first kappa shape index (κ1) is 19.4. The highest BCUT2D eigenvalue weighted by molar-refractivity contribution is 8.26. The number of ether oxygens (including phenoxy) is 3. The molecule has 158 valence electrons. The molecule has 3 aromatic rings. The Morgan fingerprint density at radius 2 is 1.81 bits per heavy atom. The van der Waals surface area contributed by atoms with Crippen molar-refractivity contribution in [2.75, 3.05) is 6.79 Å². The molecule has 6 rings (SSSR count). The first-order valence-corrected chi connectivity index (χ1v) is 11.4. The van der Waals surface area contributed by atoms with E-state index in [0.29, 0.717) is 20.7 Å². The van der Waals surface area contributed by atoms with Crippen LogP contribution in [0, 0.1) is 6.92 Å². The van der Waals surface area contributed by atoms with Gasteiger partial charge in [0.2, 0.25) is 6.79 Å². The smallest absolute Gasteiger partial charge is 0.267 e. The maximum atomic E-state index is 13.6. The molecule has 0 radical (unpaired) electrons. The van der Waals surface area contributed by atoms with Gasteiger partial charge in [-0.25, -0.2) is 0 Å². The second kappa shape index (κ2) is 7.39. The number of nitrogens with zero attached hydrogens (tertiary/aromatic N) is 1. The second-order valence-corrected chi connectivity index (χ2v) is 9.38. The molecule has 3 aromatic carbocycles. The highest BCUT2D eigenvalue weighted by Crippen LogP contribution is 2.50. The minimum Gasteiger partial charge on any atom is -0.456 e. The lowest BCUT2D eigenvalue weighted by Gasteiger charge is -2.34. The third-order valence-electron chi connectivity index (χ3n) is 5.74. The monoisotopic (exact) mass is 459 g/mol. The van der Waals surface area contributed by atoms with Gasteiger partial charge in [-0.3, -0.25) is 9.69 Å². The summed E-state index contributed by atoms with van der Waals surface area (Å²) in [5.41, 5.74) is 3.73. The number of carbonyl (C=O) groups is 1. The maximum absolute atomic E-state index is 13.6. The molecular weight excluding hydrogens is 442 g/mol. The molecule has 0 bridgehead atoms. The van der Waals surface area contributed by atoms with Crippen molar-refractivity contribution in [1.29, 1.82) is 0 Å². The van der Waals surface area contributed by atoms with Crippen LogP contribution in [-0.2, 0) is 4.79 Å². The summed E-state index contributed by atoms with van der Waals surface area (Å²) >= 11 is 7.02. The minimum atomic E-state index is -0.343. The number of para-hydroxylation sites is 2. The molecule has 1 amide bonds. The summed E-state index contributed by atoms with van der Waals surface area (Å²) < 4.78 is 17.6. The molecule has 0 spiro atoms. The number of benzene rings is 3. The molecule has 7 heteroatoms. The van der Waals surface area contributed by atoms with Crippen LogP contribution in [0.4, 0.5) is 0 Å². The molecule has 3 heterocycles. The zero-order valence-corrected chi connectivity index (χ0v) is 18.7. The van der Waals surface area contributed by atoms with Gasteiger partial charge in [0.05, 0.1) is 10.9 Å². The molecule has 0 saturated carbocycles. The summed E-state index contributed by atoms with van der Waals surface area (Å²) in [4.78, 5) is 15.9. The van der Waals surface area contributed by atoms with Crippen LogP contribution in [0.3, 0.4) is 0 Å².